The predicted molar refractivity (Wildman–Crippen MR) is 116 cm³/mol. The van der Waals surface area contributed by atoms with Crippen LogP contribution in [0.5, 0.6) is 0 Å². The standard InChI is InChI=1S/C24H15ClF3N3O/c25-17-11-9-15(10-12-17)22-19-20(14-5-2-1-3-6-14)29-30-21(19)23(32)31(22)18-8-4-7-16(13-18)24(26,27)28/h1-13,22H,(H,29,30)/t22-/m0/s1. The normalized spacial score (nSPS) is 15.8. The van der Waals surface area contributed by atoms with E-state index < -0.39 is 23.7 Å². The fourth-order valence-electron chi connectivity index (χ4n) is 4.02. The average molecular weight is 454 g/mol. The molecule has 1 N–H and O–H groups in total. The Morgan fingerprint density at radius 2 is 1.66 bits per heavy atom. The van der Waals surface area contributed by atoms with E-state index in [0.29, 0.717) is 21.8 Å². The van der Waals surface area contributed by atoms with Gasteiger partial charge >= 0.3 is 6.18 Å². The van der Waals surface area contributed by atoms with E-state index in [9.17, 15) is 18.0 Å². The molecular formula is C24H15ClF3N3O. The lowest BCUT2D eigenvalue weighted by Crippen LogP contribution is -2.29. The quantitative estimate of drug-likeness (QED) is 0.385. The fourth-order valence-corrected chi connectivity index (χ4v) is 4.15. The molecule has 0 fully saturated rings. The number of fused-ring (bicyclic) bond motifs is 1. The highest BCUT2D eigenvalue weighted by Gasteiger charge is 2.43. The molecule has 0 unspecified atom stereocenters. The lowest BCUT2D eigenvalue weighted by molar-refractivity contribution is -0.137. The maximum absolute atomic E-state index is 13.4. The average Bonchev–Trinajstić information content (AvgIpc) is 3.34. The van der Waals surface area contributed by atoms with Gasteiger partial charge in [-0.05, 0) is 35.9 Å². The van der Waals surface area contributed by atoms with Crippen molar-refractivity contribution in [1.82, 2.24) is 10.2 Å². The first-order valence-corrected chi connectivity index (χ1v) is 10.1. The van der Waals surface area contributed by atoms with Crippen molar-refractivity contribution in [2.45, 2.75) is 12.2 Å². The Morgan fingerprint density at radius 1 is 0.938 bits per heavy atom. The third-order valence-electron chi connectivity index (χ3n) is 5.45. The molecule has 1 aliphatic rings. The molecule has 32 heavy (non-hydrogen) atoms. The first kappa shape index (κ1) is 20.3. The summed E-state index contributed by atoms with van der Waals surface area (Å²) < 4.78 is 40.1. The van der Waals surface area contributed by atoms with Crippen molar-refractivity contribution in [1.29, 1.82) is 0 Å². The van der Waals surface area contributed by atoms with Gasteiger partial charge in [-0.25, -0.2) is 0 Å². The fraction of sp³-hybridized carbons (Fsp3) is 0.0833. The van der Waals surface area contributed by atoms with Crippen LogP contribution < -0.4 is 4.90 Å². The minimum absolute atomic E-state index is 0.147. The lowest BCUT2D eigenvalue weighted by Gasteiger charge is -2.27. The highest BCUT2D eigenvalue weighted by molar-refractivity contribution is 6.30. The molecule has 0 spiro atoms. The SMILES string of the molecule is O=C1c2[nH]nc(-c3ccccc3)c2[C@H](c2ccc(Cl)cc2)N1c1cccc(C(F)(F)F)c1. The van der Waals surface area contributed by atoms with Crippen LogP contribution >= 0.6 is 11.6 Å². The van der Waals surface area contributed by atoms with Crippen LogP contribution in [0, 0.1) is 0 Å². The van der Waals surface area contributed by atoms with E-state index in [1.807, 2.05) is 30.3 Å². The zero-order valence-corrected chi connectivity index (χ0v) is 17.2. The number of aromatic amines is 1. The van der Waals surface area contributed by atoms with Gasteiger partial charge in [0.05, 0.1) is 17.3 Å². The number of benzene rings is 3. The van der Waals surface area contributed by atoms with E-state index in [2.05, 4.69) is 10.2 Å². The summed E-state index contributed by atoms with van der Waals surface area (Å²) in [5.74, 6) is -0.450. The second kappa shape index (κ2) is 7.53. The number of carbonyl (C=O) groups excluding carboxylic acids is 1. The van der Waals surface area contributed by atoms with E-state index in [0.717, 1.165) is 17.7 Å². The van der Waals surface area contributed by atoms with Gasteiger partial charge in [-0.2, -0.15) is 18.3 Å². The van der Waals surface area contributed by atoms with Gasteiger partial charge in [0.1, 0.15) is 5.69 Å². The number of alkyl halides is 3. The number of carbonyl (C=O) groups is 1. The van der Waals surface area contributed by atoms with Crippen molar-refractivity contribution in [2.24, 2.45) is 0 Å². The second-order valence-electron chi connectivity index (χ2n) is 7.40. The molecule has 0 radical (unpaired) electrons. The number of hydrogen-bond donors (Lipinski definition) is 1. The second-order valence-corrected chi connectivity index (χ2v) is 7.84. The van der Waals surface area contributed by atoms with Crippen LogP contribution in [-0.2, 0) is 6.18 Å². The van der Waals surface area contributed by atoms with E-state index in [1.165, 1.54) is 17.0 Å². The van der Waals surface area contributed by atoms with E-state index in [-0.39, 0.29) is 11.4 Å². The molecule has 0 saturated carbocycles. The van der Waals surface area contributed by atoms with Gasteiger partial charge in [0.15, 0.2) is 0 Å². The van der Waals surface area contributed by atoms with Gasteiger partial charge < -0.3 is 0 Å². The van der Waals surface area contributed by atoms with Crippen molar-refractivity contribution >= 4 is 23.2 Å². The number of halogens is 4. The molecule has 4 aromatic rings. The van der Waals surface area contributed by atoms with Crippen LogP contribution in [0.4, 0.5) is 18.9 Å². The Bertz CT molecular complexity index is 1300. The summed E-state index contributed by atoms with van der Waals surface area (Å²) in [5.41, 5.74) is 2.26. The first-order chi connectivity index (χ1) is 15.3. The highest BCUT2D eigenvalue weighted by atomic mass is 35.5. The van der Waals surface area contributed by atoms with Crippen LogP contribution in [-0.4, -0.2) is 16.1 Å². The molecule has 0 aliphatic carbocycles. The smallest absolute Gasteiger partial charge is 0.295 e. The number of aromatic nitrogens is 2. The van der Waals surface area contributed by atoms with Gasteiger partial charge in [0, 0.05) is 21.8 Å². The largest absolute Gasteiger partial charge is 0.416 e. The molecule has 5 rings (SSSR count). The van der Waals surface area contributed by atoms with Crippen LogP contribution in [0.3, 0.4) is 0 Å². The number of nitrogens with one attached hydrogen (secondary N) is 1. The highest BCUT2D eigenvalue weighted by Crippen LogP contribution is 2.46. The van der Waals surface area contributed by atoms with Gasteiger partial charge in [-0.3, -0.25) is 14.8 Å². The summed E-state index contributed by atoms with van der Waals surface area (Å²) in [7, 11) is 0. The van der Waals surface area contributed by atoms with Crippen LogP contribution in [0.2, 0.25) is 5.02 Å². The summed E-state index contributed by atoms with van der Waals surface area (Å²) in [5, 5.41) is 7.67. The number of hydrogen-bond acceptors (Lipinski definition) is 2. The summed E-state index contributed by atoms with van der Waals surface area (Å²) in [6.45, 7) is 0. The van der Waals surface area contributed by atoms with Gasteiger partial charge in [0.2, 0.25) is 0 Å². The van der Waals surface area contributed by atoms with Crippen LogP contribution in [0.15, 0.2) is 78.9 Å². The van der Waals surface area contributed by atoms with Crippen molar-refractivity contribution in [3.63, 3.8) is 0 Å². The van der Waals surface area contributed by atoms with E-state index >= 15 is 0 Å². The Hall–Kier alpha value is -3.58. The molecule has 8 heteroatoms. The molecule has 160 valence electrons. The van der Waals surface area contributed by atoms with Crippen molar-refractivity contribution < 1.29 is 18.0 Å². The maximum atomic E-state index is 13.4. The maximum Gasteiger partial charge on any atom is 0.416 e. The first-order valence-electron chi connectivity index (χ1n) is 9.74. The molecule has 4 nitrogen and oxygen atoms in total. The predicted octanol–water partition coefficient (Wildman–Crippen LogP) is 6.50. The van der Waals surface area contributed by atoms with Crippen molar-refractivity contribution in [3.05, 3.63) is 106 Å². The van der Waals surface area contributed by atoms with Crippen molar-refractivity contribution in [2.75, 3.05) is 4.90 Å². The van der Waals surface area contributed by atoms with Gasteiger partial charge in [0.25, 0.3) is 5.91 Å². The monoisotopic (exact) mass is 453 g/mol. The zero-order chi connectivity index (χ0) is 22.5. The van der Waals surface area contributed by atoms with Gasteiger partial charge in [-0.1, -0.05) is 60.1 Å². The number of amides is 1. The van der Waals surface area contributed by atoms with Gasteiger partial charge in [-0.15, -0.1) is 0 Å². The summed E-state index contributed by atoms with van der Waals surface area (Å²) >= 11 is 6.05. The number of H-pyrrole nitrogens is 1. The third kappa shape index (κ3) is 3.35. The van der Waals surface area contributed by atoms with E-state index in [4.69, 9.17) is 11.6 Å². The summed E-state index contributed by atoms with van der Waals surface area (Å²) in [6, 6.07) is 20.3. The number of nitrogens with zero attached hydrogens (tertiary/aromatic N) is 2. The third-order valence-corrected chi connectivity index (χ3v) is 5.70. The van der Waals surface area contributed by atoms with E-state index in [1.54, 1.807) is 24.3 Å². The topological polar surface area (TPSA) is 49.0 Å². The molecule has 1 amide bonds. The number of anilines is 1. The zero-order valence-electron chi connectivity index (χ0n) is 16.4. The molecular weight excluding hydrogens is 439 g/mol. The van der Waals surface area contributed by atoms with Crippen molar-refractivity contribution in [3.8, 4) is 11.3 Å². The Kier molecular flexibility index (Phi) is 4.78. The molecule has 0 saturated heterocycles. The molecule has 0 bridgehead atoms. The molecule has 1 atom stereocenters. The molecule has 2 heterocycles. The lowest BCUT2D eigenvalue weighted by atomic mass is 9.96. The minimum atomic E-state index is -4.53. The van der Waals surface area contributed by atoms with Crippen LogP contribution in [0.25, 0.3) is 11.3 Å². The molecule has 1 aromatic heterocycles. The number of rotatable bonds is 3. The summed E-state index contributed by atoms with van der Waals surface area (Å²) in [4.78, 5) is 14.8. The Morgan fingerprint density at radius 3 is 2.34 bits per heavy atom. The van der Waals surface area contributed by atoms with Crippen LogP contribution in [0.1, 0.15) is 33.2 Å². The summed E-state index contributed by atoms with van der Waals surface area (Å²) in [6.07, 6.45) is -4.53. The molecule has 3 aromatic carbocycles. The molecule has 1 aliphatic heterocycles. The Labute approximate surface area is 186 Å². The Balaban J connectivity index is 1.71. The minimum Gasteiger partial charge on any atom is -0.295 e.